The fourth-order valence-corrected chi connectivity index (χ4v) is 5.38. The second kappa shape index (κ2) is 10.2. The normalized spacial score (nSPS) is 26.4. The van der Waals surface area contributed by atoms with Crippen molar-refractivity contribution in [3.05, 3.63) is 40.2 Å². The van der Waals surface area contributed by atoms with Crippen molar-refractivity contribution in [3.8, 4) is 11.8 Å². The van der Waals surface area contributed by atoms with E-state index in [0.29, 0.717) is 66.0 Å². The topological polar surface area (TPSA) is 120 Å². The number of ether oxygens (including phenoxy) is 5. The third-order valence-electron chi connectivity index (χ3n) is 6.90. The number of nitrogens with zero attached hydrogens (tertiary/aromatic N) is 2. The number of hydrogen-bond donors (Lipinski definition) is 3. The Labute approximate surface area is 217 Å². The molecule has 0 radical (unpaired) electrons. The van der Waals surface area contributed by atoms with E-state index in [2.05, 4.69) is 20.3 Å². The molecule has 0 bridgehead atoms. The van der Waals surface area contributed by atoms with Crippen LogP contribution in [0.2, 0.25) is 5.02 Å². The molecule has 2 aliphatic heterocycles. The van der Waals surface area contributed by atoms with Gasteiger partial charge in [0.1, 0.15) is 47.8 Å². The molecular weight excluding hydrogens is 507 g/mol. The Balaban J connectivity index is 1.16. The molecule has 0 amide bonds. The number of rotatable bonds is 9. The maximum absolute atomic E-state index is 15.1. The van der Waals surface area contributed by atoms with Gasteiger partial charge in [0.25, 0.3) is 6.01 Å². The van der Waals surface area contributed by atoms with E-state index in [-0.39, 0.29) is 37.2 Å². The molecular formula is C25H28ClFN4O6. The average Bonchev–Trinajstić information content (AvgIpc) is 3.64. The lowest BCUT2D eigenvalue weighted by atomic mass is 10.1. The lowest BCUT2D eigenvalue weighted by Crippen LogP contribution is -2.34. The zero-order valence-corrected chi connectivity index (χ0v) is 21.0. The van der Waals surface area contributed by atoms with Gasteiger partial charge in [-0.25, -0.2) is 9.37 Å². The average molecular weight is 535 g/mol. The first-order chi connectivity index (χ1) is 18.0. The molecule has 0 spiro atoms. The van der Waals surface area contributed by atoms with E-state index >= 15 is 4.39 Å². The van der Waals surface area contributed by atoms with Gasteiger partial charge in [-0.3, -0.25) is 4.98 Å². The highest BCUT2D eigenvalue weighted by atomic mass is 35.5. The summed E-state index contributed by atoms with van der Waals surface area (Å²) in [6.07, 6.45) is -0.417. The minimum atomic E-state index is -0.659. The zero-order chi connectivity index (χ0) is 25.5. The van der Waals surface area contributed by atoms with Crippen LogP contribution >= 0.6 is 11.6 Å². The summed E-state index contributed by atoms with van der Waals surface area (Å²) >= 11 is 6.51. The van der Waals surface area contributed by atoms with Crippen LogP contribution in [0.4, 0.5) is 10.2 Å². The molecule has 0 saturated carbocycles. The third-order valence-corrected chi connectivity index (χ3v) is 7.19. The first-order valence-corrected chi connectivity index (χ1v) is 12.8. The predicted octanol–water partition coefficient (Wildman–Crippen LogP) is 3.17. The molecule has 2 aromatic heterocycles. The van der Waals surface area contributed by atoms with Gasteiger partial charge in [0.2, 0.25) is 0 Å². The fraction of sp³-hybridized carbons (Fsp3) is 0.520. The van der Waals surface area contributed by atoms with Gasteiger partial charge in [0, 0.05) is 18.2 Å². The highest BCUT2D eigenvalue weighted by Gasteiger charge is 2.48. The van der Waals surface area contributed by atoms with Crippen molar-refractivity contribution in [1.29, 1.82) is 0 Å². The number of H-pyrrole nitrogens is 1. The summed E-state index contributed by atoms with van der Waals surface area (Å²) in [6, 6.07) is 4.94. The molecule has 3 aliphatic rings. The number of halogens is 2. The minimum Gasteiger partial charge on any atom is -0.491 e. The van der Waals surface area contributed by atoms with Crippen molar-refractivity contribution in [2.24, 2.45) is 0 Å². The second-order valence-electron chi connectivity index (χ2n) is 9.31. The van der Waals surface area contributed by atoms with Crippen LogP contribution in [0.3, 0.4) is 0 Å². The summed E-state index contributed by atoms with van der Waals surface area (Å²) in [7, 11) is 0. The van der Waals surface area contributed by atoms with Crippen LogP contribution in [0.5, 0.6) is 11.8 Å². The molecule has 1 aliphatic carbocycles. The molecule has 6 rings (SSSR count). The third kappa shape index (κ3) is 4.82. The van der Waals surface area contributed by atoms with Crippen LogP contribution in [0.15, 0.2) is 18.2 Å². The number of aliphatic hydroxyl groups is 1. The van der Waals surface area contributed by atoms with E-state index in [1.165, 1.54) is 6.07 Å². The monoisotopic (exact) mass is 534 g/mol. The summed E-state index contributed by atoms with van der Waals surface area (Å²) in [5.74, 6) is 0.588. The lowest BCUT2D eigenvalue weighted by molar-refractivity contribution is 0.00706. The van der Waals surface area contributed by atoms with E-state index < -0.39 is 18.3 Å². The van der Waals surface area contributed by atoms with E-state index in [4.69, 9.17) is 35.3 Å². The molecule has 1 unspecified atom stereocenters. The van der Waals surface area contributed by atoms with Gasteiger partial charge in [-0.2, -0.15) is 4.98 Å². The molecule has 2 saturated heterocycles. The van der Waals surface area contributed by atoms with Crippen molar-refractivity contribution in [2.45, 2.75) is 50.2 Å². The van der Waals surface area contributed by atoms with Crippen LogP contribution in [-0.4, -0.2) is 77.5 Å². The lowest BCUT2D eigenvalue weighted by Gasteiger charge is -2.17. The molecule has 2 fully saturated rings. The van der Waals surface area contributed by atoms with Gasteiger partial charge in [-0.15, -0.1) is 0 Å². The van der Waals surface area contributed by atoms with Crippen molar-refractivity contribution in [1.82, 2.24) is 15.0 Å². The number of anilines is 1. The Morgan fingerprint density at radius 3 is 2.92 bits per heavy atom. The number of nitrogens with one attached hydrogen (secondary N) is 2. The zero-order valence-electron chi connectivity index (χ0n) is 20.2. The van der Waals surface area contributed by atoms with E-state index in [9.17, 15) is 5.11 Å². The molecule has 37 heavy (non-hydrogen) atoms. The number of pyridine rings is 1. The molecule has 10 nitrogen and oxygen atoms in total. The highest BCUT2D eigenvalue weighted by Crippen LogP contribution is 2.39. The van der Waals surface area contributed by atoms with Crippen LogP contribution in [0.25, 0.3) is 11.2 Å². The Kier molecular flexibility index (Phi) is 6.80. The number of hydrogen-bond acceptors (Lipinski definition) is 9. The largest absolute Gasteiger partial charge is 0.491 e. The Hall–Kier alpha value is -2.70. The number of aromatic nitrogens is 3. The number of fused-ring (bicyclic) bond motifs is 3. The van der Waals surface area contributed by atoms with Crippen molar-refractivity contribution in [2.75, 3.05) is 38.4 Å². The smallest absolute Gasteiger partial charge is 0.296 e. The van der Waals surface area contributed by atoms with Gasteiger partial charge in [0.05, 0.1) is 30.9 Å². The number of benzene rings is 1. The number of aryl methyl sites for hydroxylation is 1. The van der Waals surface area contributed by atoms with Crippen LogP contribution < -0.4 is 14.8 Å². The van der Waals surface area contributed by atoms with Gasteiger partial charge in [0.15, 0.2) is 11.8 Å². The first-order valence-electron chi connectivity index (χ1n) is 12.4. The van der Waals surface area contributed by atoms with Crippen molar-refractivity contribution in [3.63, 3.8) is 0 Å². The maximum atomic E-state index is 15.1. The molecule has 3 aromatic rings. The minimum absolute atomic E-state index is 0.217. The van der Waals surface area contributed by atoms with E-state index in [1.54, 1.807) is 6.07 Å². The van der Waals surface area contributed by atoms with Crippen LogP contribution in [0, 0.1) is 5.82 Å². The second-order valence-corrected chi connectivity index (χ2v) is 9.71. The molecule has 12 heteroatoms. The number of aliphatic hydroxyl groups excluding tert-OH is 1. The number of aromatic amines is 1. The SMILES string of the molecule is CCOCCOc1cc(F)c2c(c1)CCC2Nc1nc2[nH]c(O[C@@H]3CO[C@H]4[C@@H]3OC[C@H]4O)nc2cc1Cl. The molecule has 3 N–H and O–H groups in total. The maximum Gasteiger partial charge on any atom is 0.296 e. The van der Waals surface area contributed by atoms with Gasteiger partial charge >= 0.3 is 0 Å². The number of imidazole rings is 1. The summed E-state index contributed by atoms with van der Waals surface area (Å²) in [5.41, 5.74) is 2.50. The van der Waals surface area contributed by atoms with E-state index in [0.717, 1.165) is 5.56 Å². The highest BCUT2D eigenvalue weighted by molar-refractivity contribution is 6.33. The quantitative estimate of drug-likeness (QED) is 0.355. The summed E-state index contributed by atoms with van der Waals surface area (Å²) < 4.78 is 43.1. The van der Waals surface area contributed by atoms with Gasteiger partial charge in [-0.05, 0) is 37.5 Å². The summed E-state index contributed by atoms with van der Waals surface area (Å²) in [6.45, 7) is 3.86. The van der Waals surface area contributed by atoms with E-state index in [1.807, 2.05) is 13.0 Å². The van der Waals surface area contributed by atoms with Crippen molar-refractivity contribution >= 4 is 28.6 Å². The van der Waals surface area contributed by atoms with Gasteiger partial charge in [-0.1, -0.05) is 11.6 Å². The first kappa shape index (κ1) is 24.6. The van der Waals surface area contributed by atoms with Crippen LogP contribution in [0.1, 0.15) is 30.5 Å². The van der Waals surface area contributed by atoms with Crippen molar-refractivity contribution < 1.29 is 33.2 Å². The molecule has 198 valence electrons. The standard InChI is InChI=1S/C25H28ClFN4O6/c1-2-33-5-6-34-13-7-12-3-4-16(20(12)15(27)8-13)28-23-14(26)9-17-24(30-23)31-25(29-17)37-19-11-36-21-18(32)10-35-22(19)21/h7-9,16,18-19,21-22,32H,2-6,10-11H2,1H3,(H2,28,29,30,31)/t16?,18-,19-,21-,22-/m1/s1. The van der Waals surface area contributed by atoms with Crippen LogP contribution in [-0.2, 0) is 20.6 Å². The van der Waals surface area contributed by atoms with Gasteiger partial charge < -0.3 is 34.1 Å². The molecule has 4 heterocycles. The summed E-state index contributed by atoms with van der Waals surface area (Å²) in [5, 5.41) is 13.6. The Morgan fingerprint density at radius 1 is 1.19 bits per heavy atom. The Bertz CT molecular complexity index is 1290. The summed E-state index contributed by atoms with van der Waals surface area (Å²) in [4.78, 5) is 12.1. The Morgan fingerprint density at radius 2 is 2.05 bits per heavy atom. The predicted molar refractivity (Wildman–Crippen MR) is 132 cm³/mol. The molecule has 1 aromatic carbocycles. The molecule has 5 atom stereocenters. The fourth-order valence-electron chi connectivity index (χ4n) is 5.18.